The third-order valence-electron chi connectivity index (χ3n) is 6.62. The summed E-state index contributed by atoms with van der Waals surface area (Å²) in [6.45, 7) is 8.39. The second-order valence-electron chi connectivity index (χ2n) is 9.46. The highest BCUT2D eigenvalue weighted by Gasteiger charge is 2.30. The van der Waals surface area contributed by atoms with Gasteiger partial charge in [-0.1, -0.05) is 39.0 Å². The minimum absolute atomic E-state index is 0.00801. The molecule has 0 radical (unpaired) electrons. The maximum atomic E-state index is 13.1. The molecule has 1 fully saturated rings. The molecule has 2 amide bonds. The zero-order valence-electron chi connectivity index (χ0n) is 19.7. The number of aromatic nitrogens is 1. The van der Waals surface area contributed by atoms with E-state index >= 15 is 0 Å². The molecule has 33 heavy (non-hydrogen) atoms. The number of likely N-dealkylation sites (tertiary alicyclic amines) is 1. The van der Waals surface area contributed by atoms with Crippen molar-refractivity contribution in [3.63, 3.8) is 0 Å². The maximum Gasteiger partial charge on any atom is 0.253 e. The van der Waals surface area contributed by atoms with E-state index in [0.717, 1.165) is 31.4 Å². The Morgan fingerprint density at radius 2 is 1.82 bits per heavy atom. The molecule has 2 aromatic carbocycles. The van der Waals surface area contributed by atoms with Crippen LogP contribution in [0.2, 0.25) is 0 Å². The van der Waals surface area contributed by atoms with Crippen LogP contribution < -0.4 is 5.32 Å². The molecule has 1 N–H and O–H groups in total. The van der Waals surface area contributed by atoms with Gasteiger partial charge in [-0.2, -0.15) is 0 Å². The first kappa shape index (κ1) is 23.0. The number of hydrogen-bond donors (Lipinski definition) is 1. The lowest BCUT2D eigenvalue weighted by Crippen LogP contribution is -2.42. The van der Waals surface area contributed by atoms with Crippen molar-refractivity contribution in [2.45, 2.75) is 40.0 Å². The number of fused-ring (bicyclic) bond motifs is 1. The predicted octanol–water partition coefficient (Wildman–Crippen LogP) is 5.15. The Balaban J connectivity index is 1.36. The highest BCUT2D eigenvalue weighted by molar-refractivity contribution is 5.97. The van der Waals surface area contributed by atoms with Crippen molar-refractivity contribution >= 4 is 22.9 Å². The fourth-order valence-corrected chi connectivity index (χ4v) is 4.41. The first-order chi connectivity index (χ1) is 15.9. The molecular formula is C27H33N3O3. The van der Waals surface area contributed by atoms with Crippen molar-refractivity contribution in [2.24, 2.45) is 17.8 Å². The van der Waals surface area contributed by atoms with E-state index in [9.17, 15) is 9.59 Å². The summed E-state index contributed by atoms with van der Waals surface area (Å²) in [7, 11) is 0. The van der Waals surface area contributed by atoms with Crippen LogP contribution in [0.3, 0.4) is 0 Å². The van der Waals surface area contributed by atoms with Crippen LogP contribution in [0.1, 0.15) is 50.4 Å². The fourth-order valence-electron chi connectivity index (χ4n) is 4.41. The molecule has 0 bridgehead atoms. The number of nitrogens with one attached hydrogen (secondary N) is 1. The van der Waals surface area contributed by atoms with Crippen LogP contribution in [0.5, 0.6) is 0 Å². The molecule has 1 atom stereocenters. The Bertz CT molecular complexity index is 1100. The van der Waals surface area contributed by atoms with Crippen molar-refractivity contribution in [1.82, 2.24) is 15.2 Å². The zero-order valence-corrected chi connectivity index (χ0v) is 19.7. The Labute approximate surface area is 195 Å². The van der Waals surface area contributed by atoms with Crippen LogP contribution in [0, 0.1) is 17.8 Å². The van der Waals surface area contributed by atoms with E-state index in [1.54, 1.807) is 0 Å². The van der Waals surface area contributed by atoms with Crippen molar-refractivity contribution in [3.8, 4) is 11.5 Å². The highest BCUT2D eigenvalue weighted by atomic mass is 16.3. The average molecular weight is 448 g/mol. The zero-order chi connectivity index (χ0) is 23.4. The lowest BCUT2D eigenvalue weighted by molar-refractivity contribution is -0.126. The molecule has 0 saturated carbocycles. The fraction of sp³-hybridized carbons (Fsp3) is 0.444. The lowest BCUT2D eigenvalue weighted by atomic mass is 9.84. The van der Waals surface area contributed by atoms with E-state index < -0.39 is 0 Å². The number of carbonyl (C=O) groups is 2. The molecule has 1 aliphatic heterocycles. The number of carbonyl (C=O) groups excluding carboxylic acids is 2. The van der Waals surface area contributed by atoms with Crippen LogP contribution in [-0.2, 0) is 4.79 Å². The number of rotatable bonds is 7. The van der Waals surface area contributed by atoms with E-state index in [0.29, 0.717) is 47.5 Å². The minimum Gasteiger partial charge on any atom is -0.436 e. The second-order valence-corrected chi connectivity index (χ2v) is 9.46. The first-order valence-electron chi connectivity index (χ1n) is 12.0. The van der Waals surface area contributed by atoms with Crippen molar-refractivity contribution in [1.29, 1.82) is 0 Å². The van der Waals surface area contributed by atoms with E-state index in [1.165, 1.54) is 0 Å². The normalized spacial score (nSPS) is 15.7. The molecular weight excluding hydrogens is 414 g/mol. The Kier molecular flexibility index (Phi) is 7.11. The van der Waals surface area contributed by atoms with Gasteiger partial charge in [0, 0.05) is 36.7 Å². The SMILES string of the molecule is CC(C)CCNC(=O)[C@@H](C)C1CCN(C(=O)c2ccc3oc(-c4ccccc4)nc3c2)CC1. The Morgan fingerprint density at radius 3 is 2.52 bits per heavy atom. The third kappa shape index (κ3) is 5.44. The van der Waals surface area contributed by atoms with Gasteiger partial charge in [0.05, 0.1) is 0 Å². The summed E-state index contributed by atoms with van der Waals surface area (Å²) in [5.41, 5.74) is 2.88. The van der Waals surface area contributed by atoms with Crippen LogP contribution in [0.15, 0.2) is 52.9 Å². The van der Waals surface area contributed by atoms with Crippen LogP contribution >= 0.6 is 0 Å². The van der Waals surface area contributed by atoms with Gasteiger partial charge in [-0.05, 0) is 61.4 Å². The summed E-state index contributed by atoms with van der Waals surface area (Å²) in [5, 5.41) is 3.07. The number of hydrogen-bond acceptors (Lipinski definition) is 4. The first-order valence-corrected chi connectivity index (χ1v) is 12.0. The van der Waals surface area contributed by atoms with E-state index in [-0.39, 0.29) is 17.7 Å². The summed E-state index contributed by atoms with van der Waals surface area (Å²) < 4.78 is 5.86. The van der Waals surface area contributed by atoms with Gasteiger partial charge in [0.1, 0.15) is 5.52 Å². The van der Waals surface area contributed by atoms with Gasteiger partial charge in [0.15, 0.2) is 5.58 Å². The van der Waals surface area contributed by atoms with Crippen molar-refractivity contribution in [3.05, 3.63) is 54.1 Å². The van der Waals surface area contributed by atoms with E-state index in [2.05, 4.69) is 24.1 Å². The van der Waals surface area contributed by atoms with Gasteiger partial charge >= 0.3 is 0 Å². The number of amides is 2. The molecule has 6 heteroatoms. The summed E-state index contributed by atoms with van der Waals surface area (Å²) in [6.07, 6.45) is 2.68. The smallest absolute Gasteiger partial charge is 0.253 e. The summed E-state index contributed by atoms with van der Waals surface area (Å²) in [4.78, 5) is 32.1. The summed E-state index contributed by atoms with van der Waals surface area (Å²) in [6, 6.07) is 15.2. The van der Waals surface area contributed by atoms with Crippen LogP contribution in [-0.4, -0.2) is 41.3 Å². The molecule has 3 aromatic rings. The summed E-state index contributed by atoms with van der Waals surface area (Å²) >= 11 is 0. The monoisotopic (exact) mass is 447 g/mol. The lowest BCUT2D eigenvalue weighted by Gasteiger charge is -2.34. The molecule has 1 saturated heterocycles. The number of benzene rings is 2. The Morgan fingerprint density at radius 1 is 1.09 bits per heavy atom. The molecule has 174 valence electrons. The molecule has 0 unspecified atom stereocenters. The topological polar surface area (TPSA) is 75.4 Å². The van der Waals surface area contributed by atoms with E-state index in [4.69, 9.17) is 4.42 Å². The average Bonchev–Trinajstić information content (AvgIpc) is 3.27. The number of oxazole rings is 1. The second kappa shape index (κ2) is 10.2. The molecule has 0 aliphatic carbocycles. The van der Waals surface area contributed by atoms with Gasteiger partial charge < -0.3 is 14.6 Å². The predicted molar refractivity (Wildman–Crippen MR) is 130 cm³/mol. The van der Waals surface area contributed by atoms with Crippen LogP contribution in [0.4, 0.5) is 0 Å². The molecule has 1 aliphatic rings. The standard InChI is InChI=1S/C27H33N3O3/c1-18(2)11-14-28-25(31)19(3)20-12-15-30(16-13-20)27(32)22-9-10-24-23(17-22)29-26(33-24)21-7-5-4-6-8-21/h4-10,17-20H,11-16H2,1-3H3,(H,28,31)/t19-/m0/s1. The van der Waals surface area contributed by atoms with Gasteiger partial charge in [-0.15, -0.1) is 0 Å². The highest BCUT2D eigenvalue weighted by Crippen LogP contribution is 2.28. The molecule has 4 rings (SSSR count). The summed E-state index contributed by atoms with van der Waals surface area (Å²) in [5.74, 6) is 1.55. The van der Waals surface area contributed by atoms with Crippen LogP contribution in [0.25, 0.3) is 22.6 Å². The van der Waals surface area contributed by atoms with Gasteiger partial charge in [0.25, 0.3) is 5.91 Å². The van der Waals surface area contributed by atoms with Gasteiger partial charge in [0.2, 0.25) is 11.8 Å². The minimum atomic E-state index is -0.0303. The quantitative estimate of drug-likeness (QED) is 0.544. The van der Waals surface area contributed by atoms with E-state index in [1.807, 2.05) is 60.4 Å². The number of piperidine rings is 1. The third-order valence-corrected chi connectivity index (χ3v) is 6.62. The molecule has 0 spiro atoms. The van der Waals surface area contributed by atoms with Gasteiger partial charge in [-0.3, -0.25) is 9.59 Å². The molecule has 6 nitrogen and oxygen atoms in total. The largest absolute Gasteiger partial charge is 0.436 e. The maximum absolute atomic E-state index is 13.1. The van der Waals surface area contributed by atoms with Gasteiger partial charge in [-0.25, -0.2) is 4.98 Å². The number of nitrogens with zero attached hydrogens (tertiary/aromatic N) is 2. The van der Waals surface area contributed by atoms with Crippen molar-refractivity contribution < 1.29 is 14.0 Å². The molecule has 2 heterocycles. The Hall–Kier alpha value is -3.15. The van der Waals surface area contributed by atoms with Crippen molar-refractivity contribution in [2.75, 3.05) is 19.6 Å². The molecule has 1 aromatic heterocycles.